The Bertz CT molecular complexity index is 769. The summed E-state index contributed by atoms with van der Waals surface area (Å²) >= 11 is 1.12. The Labute approximate surface area is 139 Å². The third kappa shape index (κ3) is 4.23. The number of rotatable bonds is 7. The average Bonchev–Trinajstić information content (AvgIpc) is 3.04. The fraction of sp³-hybridized carbons (Fsp3) is 0.267. The van der Waals surface area contributed by atoms with Crippen molar-refractivity contribution in [2.75, 3.05) is 17.9 Å². The number of anilines is 1. The van der Waals surface area contributed by atoms with E-state index < -0.39 is 16.0 Å². The van der Waals surface area contributed by atoms with Gasteiger partial charge in [0.25, 0.3) is 10.0 Å². The van der Waals surface area contributed by atoms with E-state index in [-0.39, 0.29) is 22.3 Å². The van der Waals surface area contributed by atoms with Crippen LogP contribution in [0.25, 0.3) is 0 Å². The molecule has 0 aliphatic heterocycles. The normalized spacial score (nSPS) is 11.0. The number of benzene rings is 1. The number of sulfonamides is 1. The van der Waals surface area contributed by atoms with Crippen LogP contribution >= 0.6 is 11.3 Å². The van der Waals surface area contributed by atoms with Gasteiger partial charge in [0.1, 0.15) is 9.96 Å². The van der Waals surface area contributed by atoms with E-state index in [0.717, 1.165) is 11.3 Å². The first-order valence-electron chi connectivity index (χ1n) is 6.98. The van der Waals surface area contributed by atoms with Crippen LogP contribution in [0.3, 0.4) is 0 Å². The van der Waals surface area contributed by atoms with Gasteiger partial charge in [0.05, 0.1) is 24.5 Å². The number of ether oxygens (including phenoxy) is 2. The highest BCUT2D eigenvalue weighted by Crippen LogP contribution is 2.29. The van der Waals surface area contributed by atoms with Gasteiger partial charge in [-0.05, 0) is 43.5 Å². The van der Waals surface area contributed by atoms with Crippen molar-refractivity contribution in [1.29, 1.82) is 0 Å². The summed E-state index contributed by atoms with van der Waals surface area (Å²) in [5.41, 5.74) is 0.572. The minimum Gasteiger partial charge on any atom is -0.492 e. The number of carbonyl (C=O) groups excluding carboxylic acids is 1. The average molecular weight is 355 g/mol. The summed E-state index contributed by atoms with van der Waals surface area (Å²) in [5, 5.41) is 1.68. The van der Waals surface area contributed by atoms with Crippen molar-refractivity contribution in [2.45, 2.75) is 18.1 Å². The summed E-state index contributed by atoms with van der Waals surface area (Å²) in [6, 6.07) is 7.62. The standard InChI is InChI=1S/C15H17NO5S2/c1-3-20-13-10-11(15(17)21-4-2)7-8-12(13)16-23(18,19)14-6-5-9-22-14/h5-10,16H,3-4H2,1-2H3. The molecule has 0 unspecified atom stereocenters. The second-order valence-corrected chi connectivity index (χ2v) is 7.26. The largest absolute Gasteiger partial charge is 0.492 e. The lowest BCUT2D eigenvalue weighted by Gasteiger charge is -2.13. The molecule has 0 bridgehead atoms. The van der Waals surface area contributed by atoms with E-state index in [1.165, 1.54) is 24.3 Å². The number of hydrogen-bond donors (Lipinski definition) is 1. The maximum atomic E-state index is 12.3. The summed E-state index contributed by atoms with van der Waals surface area (Å²) in [6.07, 6.45) is 0. The van der Waals surface area contributed by atoms with E-state index in [9.17, 15) is 13.2 Å². The van der Waals surface area contributed by atoms with Crippen molar-refractivity contribution >= 4 is 33.0 Å². The van der Waals surface area contributed by atoms with Crippen molar-refractivity contribution < 1.29 is 22.7 Å². The van der Waals surface area contributed by atoms with Gasteiger partial charge in [0.2, 0.25) is 0 Å². The summed E-state index contributed by atoms with van der Waals surface area (Å²) < 4.78 is 37.6. The van der Waals surface area contributed by atoms with Crippen LogP contribution < -0.4 is 9.46 Å². The summed E-state index contributed by atoms with van der Waals surface area (Å²) in [6.45, 7) is 4.08. The molecule has 0 aliphatic rings. The van der Waals surface area contributed by atoms with Crippen molar-refractivity contribution in [3.05, 3.63) is 41.3 Å². The molecule has 1 aromatic carbocycles. The van der Waals surface area contributed by atoms with Crippen LogP contribution in [0.15, 0.2) is 39.9 Å². The molecule has 0 radical (unpaired) electrons. The van der Waals surface area contributed by atoms with E-state index in [1.807, 2.05) is 0 Å². The van der Waals surface area contributed by atoms with E-state index in [0.29, 0.717) is 12.2 Å². The van der Waals surface area contributed by atoms with Crippen LogP contribution in [0.5, 0.6) is 5.75 Å². The van der Waals surface area contributed by atoms with Gasteiger partial charge >= 0.3 is 5.97 Å². The minimum atomic E-state index is -3.68. The number of esters is 1. The van der Waals surface area contributed by atoms with Gasteiger partial charge in [-0.2, -0.15) is 0 Å². The van der Waals surface area contributed by atoms with E-state index in [2.05, 4.69) is 4.72 Å². The molecule has 2 rings (SSSR count). The summed E-state index contributed by atoms with van der Waals surface area (Å²) in [7, 11) is -3.68. The van der Waals surface area contributed by atoms with Gasteiger partial charge < -0.3 is 9.47 Å². The highest BCUT2D eigenvalue weighted by Gasteiger charge is 2.19. The lowest BCUT2D eigenvalue weighted by atomic mass is 10.2. The van der Waals surface area contributed by atoms with Crippen LogP contribution in [0.2, 0.25) is 0 Å². The molecule has 0 aliphatic carbocycles. The molecular weight excluding hydrogens is 338 g/mol. The van der Waals surface area contributed by atoms with Gasteiger partial charge in [-0.25, -0.2) is 13.2 Å². The monoisotopic (exact) mass is 355 g/mol. The lowest BCUT2D eigenvalue weighted by molar-refractivity contribution is 0.0526. The molecule has 0 saturated heterocycles. The van der Waals surface area contributed by atoms with Crippen LogP contribution in [0.4, 0.5) is 5.69 Å². The highest BCUT2D eigenvalue weighted by molar-refractivity contribution is 7.94. The van der Waals surface area contributed by atoms with Gasteiger partial charge in [0.15, 0.2) is 0 Å². The first-order chi connectivity index (χ1) is 11.0. The maximum absolute atomic E-state index is 12.3. The first-order valence-corrected chi connectivity index (χ1v) is 9.34. The van der Waals surface area contributed by atoms with Crippen molar-refractivity contribution in [2.24, 2.45) is 0 Å². The third-order valence-electron chi connectivity index (χ3n) is 2.80. The molecule has 124 valence electrons. The molecule has 0 amide bonds. The second kappa shape index (κ2) is 7.47. The topological polar surface area (TPSA) is 81.7 Å². The summed E-state index contributed by atoms with van der Waals surface area (Å²) in [5.74, 6) is -0.209. The van der Waals surface area contributed by atoms with Gasteiger partial charge in [-0.1, -0.05) is 6.07 Å². The van der Waals surface area contributed by atoms with Crippen molar-refractivity contribution in [3.8, 4) is 5.75 Å². The van der Waals surface area contributed by atoms with Crippen LogP contribution in [-0.2, 0) is 14.8 Å². The van der Waals surface area contributed by atoms with Crippen molar-refractivity contribution in [3.63, 3.8) is 0 Å². The maximum Gasteiger partial charge on any atom is 0.338 e. The number of hydrogen-bond acceptors (Lipinski definition) is 6. The Kier molecular flexibility index (Phi) is 5.62. The van der Waals surface area contributed by atoms with Crippen LogP contribution in [0.1, 0.15) is 24.2 Å². The molecule has 23 heavy (non-hydrogen) atoms. The Balaban J connectivity index is 2.33. The molecule has 2 aromatic rings. The number of thiophene rings is 1. The fourth-order valence-electron chi connectivity index (χ4n) is 1.83. The quantitative estimate of drug-likeness (QED) is 0.772. The van der Waals surface area contributed by atoms with E-state index in [1.54, 1.807) is 25.3 Å². The Morgan fingerprint density at radius 3 is 2.61 bits per heavy atom. The predicted molar refractivity (Wildman–Crippen MR) is 88.7 cm³/mol. The summed E-state index contributed by atoms with van der Waals surface area (Å²) in [4.78, 5) is 11.8. The second-order valence-electron chi connectivity index (χ2n) is 4.40. The Morgan fingerprint density at radius 2 is 2.00 bits per heavy atom. The van der Waals surface area contributed by atoms with Gasteiger partial charge in [-0.15, -0.1) is 11.3 Å². The van der Waals surface area contributed by atoms with Crippen molar-refractivity contribution in [1.82, 2.24) is 0 Å². The third-order valence-corrected chi connectivity index (χ3v) is 5.56. The Hall–Kier alpha value is -2.06. The number of nitrogens with one attached hydrogen (secondary N) is 1. The molecule has 1 aromatic heterocycles. The smallest absolute Gasteiger partial charge is 0.338 e. The molecule has 6 nitrogen and oxygen atoms in total. The van der Waals surface area contributed by atoms with E-state index in [4.69, 9.17) is 9.47 Å². The molecular formula is C15H17NO5S2. The zero-order valence-corrected chi connectivity index (χ0v) is 14.4. The van der Waals surface area contributed by atoms with E-state index >= 15 is 0 Å². The van der Waals surface area contributed by atoms with Gasteiger partial charge in [-0.3, -0.25) is 4.72 Å². The first kappa shape index (κ1) is 17.3. The van der Waals surface area contributed by atoms with Crippen LogP contribution in [-0.4, -0.2) is 27.6 Å². The molecule has 0 spiro atoms. The minimum absolute atomic E-state index is 0.203. The zero-order chi connectivity index (χ0) is 16.9. The molecule has 0 atom stereocenters. The fourth-order valence-corrected chi connectivity index (χ4v) is 3.90. The lowest BCUT2D eigenvalue weighted by Crippen LogP contribution is -2.13. The predicted octanol–water partition coefficient (Wildman–Crippen LogP) is 3.12. The van der Waals surface area contributed by atoms with Gasteiger partial charge in [0, 0.05) is 0 Å². The zero-order valence-electron chi connectivity index (χ0n) is 12.7. The molecule has 0 fully saturated rings. The highest BCUT2D eigenvalue weighted by atomic mass is 32.2. The SMILES string of the molecule is CCOC(=O)c1ccc(NS(=O)(=O)c2cccs2)c(OCC)c1. The Morgan fingerprint density at radius 1 is 1.22 bits per heavy atom. The molecule has 1 heterocycles. The number of carbonyl (C=O) groups is 1. The molecule has 8 heteroatoms. The molecule has 0 saturated carbocycles. The van der Waals surface area contributed by atoms with Crippen LogP contribution in [0, 0.1) is 0 Å². The molecule has 1 N–H and O–H groups in total.